The molecule has 0 bridgehead atoms. The molecule has 15 heavy (non-hydrogen) atoms. The zero-order valence-corrected chi connectivity index (χ0v) is 12.1. The summed E-state index contributed by atoms with van der Waals surface area (Å²) >= 11 is 6.48. The Hall–Kier alpha value is 0.1000. The van der Waals surface area contributed by atoms with Gasteiger partial charge in [0, 0.05) is 0 Å². The van der Waals surface area contributed by atoms with Crippen molar-refractivity contribution in [1.29, 1.82) is 0 Å². The van der Waals surface area contributed by atoms with Gasteiger partial charge in [0.15, 0.2) is 5.78 Å². The highest BCUT2D eigenvalue weighted by molar-refractivity contribution is 9.10. The maximum absolute atomic E-state index is 11.5. The van der Waals surface area contributed by atoms with Crippen LogP contribution in [0.15, 0.2) is 0 Å². The van der Waals surface area contributed by atoms with E-state index in [1.165, 1.54) is 7.11 Å². The van der Waals surface area contributed by atoms with E-state index in [0.29, 0.717) is 5.33 Å². The number of Topliss-reactive ketones (excluding diaryl/α,β-unsaturated/α-hetero) is 1. The van der Waals surface area contributed by atoms with Gasteiger partial charge in [0.25, 0.3) is 0 Å². The molecule has 1 rings (SSSR count). The van der Waals surface area contributed by atoms with E-state index in [1.807, 2.05) is 13.8 Å². The predicted octanol–water partition coefficient (Wildman–Crippen LogP) is 2.16. The van der Waals surface area contributed by atoms with E-state index in [9.17, 15) is 9.59 Å². The molecular weight excluding hydrogens is 328 g/mol. The van der Waals surface area contributed by atoms with Crippen molar-refractivity contribution in [3.8, 4) is 0 Å². The van der Waals surface area contributed by atoms with Gasteiger partial charge in [0.05, 0.1) is 23.2 Å². The predicted molar refractivity (Wildman–Crippen MR) is 64.3 cm³/mol. The number of rotatable bonds is 4. The fourth-order valence-electron chi connectivity index (χ4n) is 2.07. The van der Waals surface area contributed by atoms with E-state index in [1.54, 1.807) is 0 Å². The van der Waals surface area contributed by atoms with Gasteiger partial charge in [-0.2, -0.15) is 0 Å². The second kappa shape index (κ2) is 4.53. The summed E-state index contributed by atoms with van der Waals surface area (Å²) in [5.41, 5.74) is -0.154. The number of alkyl halides is 2. The lowest BCUT2D eigenvalue weighted by Gasteiger charge is -2.07. The molecule has 1 saturated carbocycles. The van der Waals surface area contributed by atoms with E-state index < -0.39 is 0 Å². The number of carbonyl (C=O) groups is 2. The van der Waals surface area contributed by atoms with Crippen LogP contribution in [0.5, 0.6) is 0 Å². The lowest BCUT2D eigenvalue weighted by Crippen LogP contribution is -2.20. The first-order valence-corrected chi connectivity index (χ1v) is 6.72. The van der Waals surface area contributed by atoms with Gasteiger partial charge in [-0.05, 0) is 11.3 Å². The molecule has 0 amide bonds. The summed E-state index contributed by atoms with van der Waals surface area (Å²) in [6, 6.07) is 0. The van der Waals surface area contributed by atoms with Crippen molar-refractivity contribution in [3.63, 3.8) is 0 Å². The van der Waals surface area contributed by atoms with Crippen molar-refractivity contribution in [3.05, 3.63) is 0 Å². The Morgan fingerprint density at radius 1 is 1.47 bits per heavy atom. The summed E-state index contributed by atoms with van der Waals surface area (Å²) in [4.78, 5) is 22.7. The Morgan fingerprint density at radius 3 is 2.40 bits per heavy atom. The fourth-order valence-corrected chi connectivity index (χ4v) is 4.01. The lowest BCUT2D eigenvalue weighted by molar-refractivity contribution is -0.143. The van der Waals surface area contributed by atoms with Gasteiger partial charge < -0.3 is 4.74 Å². The number of carbonyl (C=O) groups excluding carboxylic acids is 2. The van der Waals surface area contributed by atoms with Crippen LogP contribution in [0.1, 0.15) is 13.8 Å². The summed E-state index contributed by atoms with van der Waals surface area (Å²) < 4.78 is 4.72. The smallest absolute Gasteiger partial charge is 0.309 e. The van der Waals surface area contributed by atoms with Crippen molar-refractivity contribution in [1.82, 2.24) is 0 Å². The van der Waals surface area contributed by atoms with Crippen LogP contribution < -0.4 is 0 Å². The minimum atomic E-state index is -0.268. The van der Waals surface area contributed by atoms with E-state index in [-0.39, 0.29) is 33.8 Å². The molecule has 0 spiro atoms. The first-order valence-electron chi connectivity index (χ1n) is 4.68. The molecule has 0 aromatic carbocycles. The number of methoxy groups -OCH3 is 1. The Kier molecular flexibility index (Phi) is 3.98. The topological polar surface area (TPSA) is 43.4 Å². The highest BCUT2D eigenvalue weighted by Gasteiger charge is 2.65. The highest BCUT2D eigenvalue weighted by atomic mass is 79.9. The van der Waals surface area contributed by atoms with E-state index in [4.69, 9.17) is 4.74 Å². The maximum atomic E-state index is 11.5. The van der Waals surface area contributed by atoms with Crippen molar-refractivity contribution < 1.29 is 14.3 Å². The van der Waals surface area contributed by atoms with Gasteiger partial charge in [-0.3, -0.25) is 9.59 Å². The quantitative estimate of drug-likeness (QED) is 0.581. The Morgan fingerprint density at radius 2 is 2.00 bits per heavy atom. The van der Waals surface area contributed by atoms with Gasteiger partial charge in [-0.1, -0.05) is 45.7 Å². The Bertz CT molecular complexity index is 288. The van der Waals surface area contributed by atoms with Crippen molar-refractivity contribution in [2.45, 2.75) is 18.7 Å². The third-order valence-corrected chi connectivity index (χ3v) is 4.75. The summed E-state index contributed by atoms with van der Waals surface area (Å²) in [7, 11) is 1.38. The van der Waals surface area contributed by atoms with Crippen LogP contribution in [0.3, 0.4) is 0 Å². The van der Waals surface area contributed by atoms with Crippen LogP contribution in [0.4, 0.5) is 0 Å². The number of hydrogen-bond donors (Lipinski definition) is 0. The molecule has 1 aliphatic carbocycles. The van der Waals surface area contributed by atoms with Crippen LogP contribution in [0.25, 0.3) is 0 Å². The number of ether oxygens (including phenoxy) is 1. The second-order valence-electron chi connectivity index (χ2n) is 4.35. The third kappa shape index (κ3) is 2.28. The average Bonchev–Trinajstić information content (AvgIpc) is 2.78. The number of esters is 1. The van der Waals surface area contributed by atoms with E-state index in [2.05, 4.69) is 31.9 Å². The molecule has 0 saturated heterocycles. The van der Waals surface area contributed by atoms with Gasteiger partial charge in [0.2, 0.25) is 0 Å². The first kappa shape index (κ1) is 13.2. The number of halogens is 2. The van der Waals surface area contributed by atoms with Gasteiger partial charge in [-0.15, -0.1) is 0 Å². The molecule has 1 fully saturated rings. The lowest BCUT2D eigenvalue weighted by atomic mass is 10.1. The van der Waals surface area contributed by atoms with Gasteiger partial charge in [0.1, 0.15) is 0 Å². The van der Waals surface area contributed by atoms with Gasteiger partial charge in [-0.25, -0.2) is 0 Å². The molecule has 1 unspecified atom stereocenters. The molecule has 0 heterocycles. The van der Waals surface area contributed by atoms with Crippen LogP contribution in [-0.2, 0) is 14.3 Å². The SMILES string of the molecule is COC(=O)[C@@H]1[C@H](C(Br)C(=O)CBr)C1(C)C. The highest BCUT2D eigenvalue weighted by Crippen LogP contribution is 2.61. The molecule has 86 valence electrons. The van der Waals surface area contributed by atoms with Crippen molar-refractivity contribution in [2.75, 3.05) is 12.4 Å². The average molecular weight is 342 g/mol. The van der Waals surface area contributed by atoms with Crippen molar-refractivity contribution in [2.24, 2.45) is 17.3 Å². The minimum Gasteiger partial charge on any atom is -0.469 e. The monoisotopic (exact) mass is 340 g/mol. The molecule has 0 N–H and O–H groups in total. The van der Waals surface area contributed by atoms with Crippen LogP contribution in [0.2, 0.25) is 0 Å². The fraction of sp³-hybridized carbons (Fsp3) is 0.800. The minimum absolute atomic E-state index is 0.0370. The molecule has 3 nitrogen and oxygen atoms in total. The van der Waals surface area contributed by atoms with Gasteiger partial charge >= 0.3 is 5.97 Å². The molecule has 0 aromatic heterocycles. The van der Waals surface area contributed by atoms with E-state index in [0.717, 1.165) is 0 Å². The zero-order chi connectivity index (χ0) is 11.8. The molecule has 3 atom stereocenters. The third-order valence-electron chi connectivity index (χ3n) is 3.12. The summed E-state index contributed by atoms with van der Waals surface area (Å²) in [5.74, 6) is -0.291. The molecule has 0 aromatic rings. The second-order valence-corrected chi connectivity index (χ2v) is 5.90. The molecular formula is C10H14Br2O3. The normalized spacial score (nSPS) is 29.4. The van der Waals surface area contributed by atoms with Crippen LogP contribution in [-0.4, -0.2) is 29.0 Å². The van der Waals surface area contributed by atoms with E-state index >= 15 is 0 Å². The molecule has 0 aliphatic heterocycles. The number of hydrogen-bond acceptors (Lipinski definition) is 3. The molecule has 1 aliphatic rings. The molecule has 0 radical (unpaired) electrons. The summed E-state index contributed by atoms with van der Waals surface area (Å²) in [6.07, 6.45) is 0. The largest absolute Gasteiger partial charge is 0.469 e. The van der Waals surface area contributed by atoms with Crippen LogP contribution in [0, 0.1) is 17.3 Å². The summed E-state index contributed by atoms with van der Waals surface area (Å²) in [6.45, 7) is 3.96. The Labute approximate surface area is 106 Å². The standard InChI is InChI=1S/C10H14Br2O3/c1-10(2)6(7(10)9(14)15-3)8(12)5(13)4-11/h6-8H,4H2,1-3H3/t6-,7+,8?/m1/s1. The first-order chi connectivity index (χ1) is 6.87. The van der Waals surface area contributed by atoms with Crippen LogP contribution >= 0.6 is 31.9 Å². The number of ketones is 1. The molecule has 5 heteroatoms. The zero-order valence-electron chi connectivity index (χ0n) is 8.92. The summed E-state index contributed by atoms with van der Waals surface area (Å²) in [5, 5.41) is 0.309. The van der Waals surface area contributed by atoms with Crippen molar-refractivity contribution >= 4 is 43.6 Å². The maximum Gasteiger partial charge on any atom is 0.309 e. The Balaban J connectivity index is 2.74.